The molecule has 0 N–H and O–H groups in total. The molecule has 4 nitrogen and oxygen atoms in total. The predicted octanol–water partition coefficient (Wildman–Crippen LogP) is 6.00. The Morgan fingerprint density at radius 1 is 0.769 bits per heavy atom. The molecule has 0 aliphatic carbocycles. The molecule has 0 saturated carbocycles. The summed E-state index contributed by atoms with van der Waals surface area (Å²) in [6, 6.07) is 0. The summed E-state index contributed by atoms with van der Waals surface area (Å²) >= 11 is 2.93. The highest BCUT2D eigenvalue weighted by molar-refractivity contribution is 7.40. The molecule has 0 aliphatic rings. The summed E-state index contributed by atoms with van der Waals surface area (Å²) in [6.07, 6.45) is 5.80. The van der Waals surface area contributed by atoms with Crippen molar-refractivity contribution in [1.82, 2.24) is 0 Å². The van der Waals surface area contributed by atoms with E-state index in [9.17, 15) is 9.59 Å². The Morgan fingerprint density at radius 2 is 1.19 bits per heavy atom. The van der Waals surface area contributed by atoms with Crippen LogP contribution in [0.2, 0.25) is 0 Å². The first-order valence-corrected chi connectivity index (χ1v) is 11.1. The van der Waals surface area contributed by atoms with E-state index in [-0.39, 0.29) is 11.9 Å². The molecule has 2 aromatic rings. The lowest BCUT2D eigenvalue weighted by Gasteiger charge is -2.08. The zero-order valence-electron chi connectivity index (χ0n) is 16.1. The van der Waals surface area contributed by atoms with Gasteiger partial charge in [0.1, 0.15) is 9.75 Å². The Bertz CT molecular complexity index is 698. The second kappa shape index (κ2) is 10.1. The van der Waals surface area contributed by atoms with Crippen molar-refractivity contribution >= 4 is 44.0 Å². The maximum Gasteiger partial charge on any atom is 0.348 e. The van der Waals surface area contributed by atoms with Crippen LogP contribution in [-0.2, 0) is 22.3 Å². The van der Waals surface area contributed by atoms with E-state index in [1.807, 2.05) is 13.8 Å². The molecule has 144 valence electrons. The SMILES string of the molecule is CCCCc1c(C(=O)OCC)sc2sc(C(=O)OCC)c(CCCC)c12. The first-order valence-electron chi connectivity index (χ1n) is 9.50. The van der Waals surface area contributed by atoms with Gasteiger partial charge in [0, 0.05) is 5.39 Å². The van der Waals surface area contributed by atoms with E-state index in [1.165, 1.54) is 22.7 Å². The number of carbonyl (C=O) groups is 2. The third-order valence-electron chi connectivity index (χ3n) is 4.23. The normalized spacial score (nSPS) is 11.1. The molecule has 0 atom stereocenters. The number of hydrogen-bond donors (Lipinski definition) is 0. The molecule has 26 heavy (non-hydrogen) atoms. The van der Waals surface area contributed by atoms with E-state index in [1.54, 1.807) is 0 Å². The molecular formula is C20H28O4S2. The van der Waals surface area contributed by atoms with E-state index in [4.69, 9.17) is 9.47 Å². The largest absolute Gasteiger partial charge is 0.462 e. The fraction of sp³-hybridized carbons (Fsp3) is 0.600. The molecule has 0 aliphatic heterocycles. The summed E-state index contributed by atoms with van der Waals surface area (Å²) in [4.78, 5) is 26.3. The molecule has 0 radical (unpaired) electrons. The fourth-order valence-corrected chi connectivity index (χ4v) is 5.67. The number of esters is 2. The second-order valence-electron chi connectivity index (χ2n) is 6.13. The van der Waals surface area contributed by atoms with E-state index in [2.05, 4.69) is 13.8 Å². The van der Waals surface area contributed by atoms with Gasteiger partial charge in [-0.1, -0.05) is 26.7 Å². The number of rotatable bonds is 10. The molecule has 0 spiro atoms. The number of fused-ring (bicyclic) bond motifs is 1. The molecule has 0 unspecified atom stereocenters. The Balaban J connectivity index is 2.61. The van der Waals surface area contributed by atoms with Crippen LogP contribution in [0.1, 0.15) is 83.8 Å². The number of thiophene rings is 2. The van der Waals surface area contributed by atoms with Gasteiger partial charge in [-0.15, -0.1) is 22.7 Å². The van der Waals surface area contributed by atoms with Crippen LogP contribution in [0.4, 0.5) is 0 Å². The minimum atomic E-state index is -0.244. The summed E-state index contributed by atoms with van der Waals surface area (Å²) in [5.41, 5.74) is 2.12. The summed E-state index contributed by atoms with van der Waals surface area (Å²) in [7, 11) is 0. The van der Waals surface area contributed by atoms with Crippen LogP contribution in [0, 0.1) is 0 Å². The highest BCUT2D eigenvalue weighted by Gasteiger charge is 2.27. The zero-order valence-corrected chi connectivity index (χ0v) is 17.7. The molecule has 0 aromatic carbocycles. The summed E-state index contributed by atoms with van der Waals surface area (Å²) < 4.78 is 11.6. The quantitative estimate of drug-likeness (QED) is 0.462. The van der Waals surface area contributed by atoms with Gasteiger partial charge in [-0.2, -0.15) is 0 Å². The van der Waals surface area contributed by atoms with Crippen LogP contribution in [0.5, 0.6) is 0 Å². The van der Waals surface area contributed by atoms with Gasteiger partial charge >= 0.3 is 11.9 Å². The monoisotopic (exact) mass is 396 g/mol. The Labute approximate surface area is 163 Å². The van der Waals surface area contributed by atoms with E-state index >= 15 is 0 Å². The molecule has 0 saturated heterocycles. The van der Waals surface area contributed by atoms with Gasteiger partial charge in [0.05, 0.1) is 17.2 Å². The number of unbranched alkanes of at least 4 members (excludes halogenated alkanes) is 2. The molecule has 0 bridgehead atoms. The average Bonchev–Trinajstić information content (AvgIpc) is 3.15. The minimum Gasteiger partial charge on any atom is -0.462 e. The third-order valence-corrected chi connectivity index (χ3v) is 6.74. The van der Waals surface area contributed by atoms with Gasteiger partial charge in [-0.3, -0.25) is 0 Å². The number of carbonyl (C=O) groups excluding carboxylic acids is 2. The first kappa shape index (κ1) is 20.9. The van der Waals surface area contributed by atoms with Crippen molar-refractivity contribution in [3.8, 4) is 0 Å². The minimum absolute atomic E-state index is 0.244. The van der Waals surface area contributed by atoms with Crippen LogP contribution in [0.3, 0.4) is 0 Å². The summed E-state index contributed by atoms with van der Waals surface area (Å²) in [6.45, 7) is 8.67. The van der Waals surface area contributed by atoms with Crippen molar-refractivity contribution < 1.29 is 19.1 Å². The fourth-order valence-electron chi connectivity index (χ4n) is 2.99. The highest BCUT2D eigenvalue weighted by Crippen LogP contribution is 2.43. The Kier molecular flexibility index (Phi) is 8.10. The Morgan fingerprint density at radius 3 is 1.54 bits per heavy atom. The van der Waals surface area contributed by atoms with Gasteiger partial charge in [-0.05, 0) is 50.7 Å². The van der Waals surface area contributed by atoms with Gasteiger partial charge in [0.15, 0.2) is 0 Å². The van der Waals surface area contributed by atoms with Crippen molar-refractivity contribution in [3.05, 3.63) is 20.9 Å². The number of ether oxygens (including phenoxy) is 2. The second-order valence-corrected chi connectivity index (χ2v) is 8.43. The van der Waals surface area contributed by atoms with Crippen LogP contribution >= 0.6 is 22.7 Å². The van der Waals surface area contributed by atoms with E-state index in [0.717, 1.165) is 59.1 Å². The standard InChI is InChI=1S/C20H28O4S2/c1-5-9-11-13-15-14(12-10-6-2)17(19(22)24-8-4)26-20(15)25-16(13)18(21)23-7-3/h5-12H2,1-4H3. The smallest absolute Gasteiger partial charge is 0.348 e. The molecule has 2 rings (SSSR count). The molecule has 6 heteroatoms. The summed E-state index contributed by atoms with van der Waals surface area (Å²) in [5.74, 6) is -0.489. The van der Waals surface area contributed by atoms with Crippen molar-refractivity contribution in [2.24, 2.45) is 0 Å². The first-order chi connectivity index (χ1) is 12.6. The van der Waals surface area contributed by atoms with Crippen LogP contribution in [0.25, 0.3) is 9.40 Å². The number of hydrogen-bond acceptors (Lipinski definition) is 6. The van der Waals surface area contributed by atoms with Gasteiger partial charge in [0.25, 0.3) is 0 Å². The van der Waals surface area contributed by atoms with E-state index < -0.39 is 0 Å². The van der Waals surface area contributed by atoms with Crippen LogP contribution in [0.15, 0.2) is 0 Å². The lowest BCUT2D eigenvalue weighted by atomic mass is 9.99. The van der Waals surface area contributed by atoms with Gasteiger partial charge in [-0.25, -0.2) is 9.59 Å². The van der Waals surface area contributed by atoms with E-state index in [0.29, 0.717) is 23.0 Å². The lowest BCUT2D eigenvalue weighted by molar-refractivity contribution is 0.0522. The average molecular weight is 397 g/mol. The molecule has 0 fully saturated rings. The van der Waals surface area contributed by atoms with Crippen LogP contribution in [-0.4, -0.2) is 25.2 Å². The van der Waals surface area contributed by atoms with Crippen molar-refractivity contribution in [2.45, 2.75) is 66.2 Å². The maximum absolute atomic E-state index is 12.4. The molecule has 0 amide bonds. The lowest BCUT2D eigenvalue weighted by Crippen LogP contribution is -2.07. The van der Waals surface area contributed by atoms with Crippen LogP contribution < -0.4 is 0 Å². The highest BCUT2D eigenvalue weighted by atomic mass is 32.2. The van der Waals surface area contributed by atoms with Crippen molar-refractivity contribution in [3.63, 3.8) is 0 Å². The molecule has 2 aromatic heterocycles. The van der Waals surface area contributed by atoms with Gasteiger partial charge < -0.3 is 9.47 Å². The predicted molar refractivity (Wildman–Crippen MR) is 109 cm³/mol. The third kappa shape index (κ3) is 4.46. The van der Waals surface area contributed by atoms with Gasteiger partial charge in [0.2, 0.25) is 0 Å². The maximum atomic E-state index is 12.4. The molecular weight excluding hydrogens is 368 g/mol. The summed E-state index contributed by atoms with van der Waals surface area (Å²) in [5, 5.41) is 1.10. The van der Waals surface area contributed by atoms with Crippen molar-refractivity contribution in [2.75, 3.05) is 13.2 Å². The topological polar surface area (TPSA) is 52.6 Å². The number of aryl methyl sites for hydroxylation is 2. The zero-order chi connectivity index (χ0) is 19.1. The molecule has 2 heterocycles. The van der Waals surface area contributed by atoms with Crippen molar-refractivity contribution in [1.29, 1.82) is 0 Å². The Hall–Kier alpha value is -1.40.